The van der Waals surface area contributed by atoms with E-state index in [0.717, 1.165) is 19.3 Å². The summed E-state index contributed by atoms with van der Waals surface area (Å²) >= 11 is 12.0. The summed E-state index contributed by atoms with van der Waals surface area (Å²) in [6, 6.07) is 4.90. The first-order valence-corrected chi connectivity index (χ1v) is 8.91. The third kappa shape index (κ3) is 3.40. The van der Waals surface area contributed by atoms with E-state index < -0.39 is 11.8 Å². The zero-order valence-corrected chi connectivity index (χ0v) is 15.7. The number of rotatable bonds is 1. The molecular weight excluding hydrogens is 347 g/mol. The van der Waals surface area contributed by atoms with Crippen molar-refractivity contribution >= 4 is 40.7 Å². The highest BCUT2D eigenvalue weighted by Crippen LogP contribution is 2.52. The van der Waals surface area contributed by atoms with Gasteiger partial charge < -0.3 is 10.2 Å². The molecule has 0 spiro atoms. The molecule has 2 amide bonds. The number of carbonyl (C=O) groups excluding carboxylic acids is 2. The smallest absolute Gasteiger partial charge is 0.313 e. The van der Waals surface area contributed by atoms with E-state index in [1.165, 1.54) is 0 Å². The molecule has 0 radical (unpaired) electrons. The van der Waals surface area contributed by atoms with Gasteiger partial charge in [0, 0.05) is 17.6 Å². The average molecular weight is 369 g/mol. The van der Waals surface area contributed by atoms with Crippen LogP contribution in [0.15, 0.2) is 18.2 Å². The lowest BCUT2D eigenvalue weighted by Crippen LogP contribution is -2.43. The number of amides is 2. The minimum atomic E-state index is -0.659. The predicted octanol–water partition coefficient (Wildman–Crippen LogP) is 4.36. The third-order valence-electron chi connectivity index (χ3n) is 5.05. The van der Waals surface area contributed by atoms with Crippen LogP contribution in [0.3, 0.4) is 0 Å². The van der Waals surface area contributed by atoms with Crippen molar-refractivity contribution in [3.8, 4) is 0 Å². The topological polar surface area (TPSA) is 49.4 Å². The molecule has 1 saturated heterocycles. The molecule has 1 aromatic carbocycles. The summed E-state index contributed by atoms with van der Waals surface area (Å²) in [4.78, 5) is 26.8. The van der Waals surface area contributed by atoms with Gasteiger partial charge in [0.2, 0.25) is 0 Å². The van der Waals surface area contributed by atoms with E-state index in [1.54, 1.807) is 23.1 Å². The van der Waals surface area contributed by atoms with Crippen LogP contribution in [0, 0.1) is 10.8 Å². The molecule has 2 atom stereocenters. The van der Waals surface area contributed by atoms with Gasteiger partial charge in [-0.1, -0.05) is 44.0 Å². The molecule has 2 aliphatic rings. The van der Waals surface area contributed by atoms with Crippen LogP contribution < -0.4 is 5.32 Å². The lowest BCUT2D eigenvalue weighted by molar-refractivity contribution is -0.144. The molecule has 1 N–H and O–H groups in total. The summed E-state index contributed by atoms with van der Waals surface area (Å²) in [5.74, 6) is -1.15. The fourth-order valence-electron chi connectivity index (χ4n) is 4.60. The number of carbonyl (C=O) groups is 2. The molecule has 1 aromatic rings. The summed E-state index contributed by atoms with van der Waals surface area (Å²) in [7, 11) is 0. The Balaban J connectivity index is 1.75. The van der Waals surface area contributed by atoms with Gasteiger partial charge in [0.15, 0.2) is 0 Å². The van der Waals surface area contributed by atoms with E-state index in [2.05, 4.69) is 26.1 Å². The molecule has 1 heterocycles. The molecule has 130 valence electrons. The highest BCUT2D eigenvalue weighted by molar-refractivity contribution is 6.42. The standard InChI is InChI=1S/C18H22Cl2N2O2/c1-17(2)7-12-8-18(3,9-17)10-22(12)16(24)15(23)21-14-6-11(19)4-5-13(14)20/h4-6,12H,7-10H2,1-3H3,(H,21,23). The van der Waals surface area contributed by atoms with Crippen LogP contribution in [0.5, 0.6) is 0 Å². The Morgan fingerprint density at radius 2 is 1.92 bits per heavy atom. The van der Waals surface area contributed by atoms with Gasteiger partial charge >= 0.3 is 11.8 Å². The van der Waals surface area contributed by atoms with Crippen molar-refractivity contribution in [2.75, 3.05) is 11.9 Å². The Morgan fingerprint density at radius 3 is 2.62 bits per heavy atom. The molecule has 2 bridgehead atoms. The molecule has 1 aliphatic heterocycles. The van der Waals surface area contributed by atoms with Crippen molar-refractivity contribution in [2.45, 2.75) is 46.1 Å². The number of nitrogens with zero attached hydrogens (tertiary/aromatic N) is 1. The number of likely N-dealkylation sites (tertiary alicyclic amines) is 1. The fraction of sp³-hybridized carbons (Fsp3) is 0.556. The number of benzene rings is 1. The van der Waals surface area contributed by atoms with Gasteiger partial charge in [-0.3, -0.25) is 9.59 Å². The van der Waals surface area contributed by atoms with E-state index >= 15 is 0 Å². The summed E-state index contributed by atoms with van der Waals surface area (Å²) in [6.07, 6.45) is 2.97. The number of halogens is 2. The molecule has 1 aliphatic carbocycles. The summed E-state index contributed by atoms with van der Waals surface area (Å²) in [6.45, 7) is 7.31. The van der Waals surface area contributed by atoms with Gasteiger partial charge in [-0.05, 0) is 48.3 Å². The van der Waals surface area contributed by atoms with Gasteiger partial charge in [0.1, 0.15) is 0 Å². The molecule has 4 nitrogen and oxygen atoms in total. The van der Waals surface area contributed by atoms with Crippen LogP contribution >= 0.6 is 23.2 Å². The van der Waals surface area contributed by atoms with Crippen LogP contribution in [0.1, 0.15) is 40.0 Å². The van der Waals surface area contributed by atoms with Crippen LogP contribution in [-0.2, 0) is 9.59 Å². The van der Waals surface area contributed by atoms with Crippen molar-refractivity contribution in [1.29, 1.82) is 0 Å². The first-order chi connectivity index (χ1) is 11.1. The summed E-state index contributed by atoms with van der Waals surface area (Å²) in [5, 5.41) is 3.40. The highest BCUT2D eigenvalue weighted by Gasteiger charge is 2.51. The first kappa shape index (κ1) is 17.6. The maximum absolute atomic E-state index is 12.7. The van der Waals surface area contributed by atoms with Crippen LogP contribution in [-0.4, -0.2) is 29.3 Å². The number of fused-ring (bicyclic) bond motifs is 2. The molecule has 3 rings (SSSR count). The zero-order valence-electron chi connectivity index (χ0n) is 14.2. The van der Waals surface area contributed by atoms with Gasteiger partial charge in [-0.25, -0.2) is 0 Å². The fourth-order valence-corrected chi connectivity index (χ4v) is 4.93. The Morgan fingerprint density at radius 1 is 1.21 bits per heavy atom. The first-order valence-electron chi connectivity index (χ1n) is 8.16. The third-order valence-corrected chi connectivity index (χ3v) is 5.61. The maximum atomic E-state index is 12.7. The lowest BCUT2D eigenvalue weighted by Gasteiger charge is -2.39. The Labute approximate surface area is 152 Å². The molecule has 24 heavy (non-hydrogen) atoms. The molecule has 2 fully saturated rings. The quantitative estimate of drug-likeness (QED) is 0.748. The van der Waals surface area contributed by atoms with E-state index in [0.29, 0.717) is 22.3 Å². The largest absolute Gasteiger partial charge is 0.331 e. The van der Waals surface area contributed by atoms with E-state index in [-0.39, 0.29) is 16.9 Å². The molecule has 0 aromatic heterocycles. The average Bonchev–Trinajstić information content (AvgIpc) is 2.71. The Bertz CT molecular complexity index is 704. The van der Waals surface area contributed by atoms with Crippen molar-refractivity contribution in [1.82, 2.24) is 4.90 Å². The van der Waals surface area contributed by atoms with E-state index in [9.17, 15) is 9.59 Å². The SMILES string of the molecule is CC1(C)CC2CC(C)(CN2C(=O)C(=O)Nc2cc(Cl)ccc2Cl)C1. The van der Waals surface area contributed by atoms with E-state index in [4.69, 9.17) is 23.2 Å². The molecule has 1 saturated carbocycles. The van der Waals surface area contributed by atoms with Crippen molar-refractivity contribution in [2.24, 2.45) is 10.8 Å². The van der Waals surface area contributed by atoms with Gasteiger partial charge in [0.05, 0.1) is 10.7 Å². The van der Waals surface area contributed by atoms with Crippen LogP contribution in [0.4, 0.5) is 5.69 Å². The second kappa shape index (κ2) is 5.92. The van der Waals surface area contributed by atoms with Crippen molar-refractivity contribution < 1.29 is 9.59 Å². The lowest BCUT2D eigenvalue weighted by atomic mass is 9.65. The number of anilines is 1. The summed E-state index contributed by atoms with van der Waals surface area (Å²) < 4.78 is 0. The monoisotopic (exact) mass is 368 g/mol. The van der Waals surface area contributed by atoms with Crippen molar-refractivity contribution in [3.63, 3.8) is 0 Å². The summed E-state index contributed by atoms with van der Waals surface area (Å²) in [5.41, 5.74) is 0.645. The number of nitrogens with one attached hydrogen (secondary N) is 1. The van der Waals surface area contributed by atoms with Gasteiger partial charge in [-0.2, -0.15) is 0 Å². The number of hydrogen-bond acceptors (Lipinski definition) is 2. The second-order valence-electron chi connectivity index (χ2n) is 8.23. The van der Waals surface area contributed by atoms with Gasteiger partial charge in [0.25, 0.3) is 0 Å². The predicted molar refractivity (Wildman–Crippen MR) is 96.3 cm³/mol. The second-order valence-corrected chi connectivity index (χ2v) is 9.07. The molecule has 6 heteroatoms. The number of hydrogen-bond donors (Lipinski definition) is 1. The molecular formula is C18H22Cl2N2O2. The zero-order chi connectivity index (χ0) is 17.7. The highest BCUT2D eigenvalue weighted by atomic mass is 35.5. The van der Waals surface area contributed by atoms with Gasteiger partial charge in [-0.15, -0.1) is 0 Å². The van der Waals surface area contributed by atoms with Crippen molar-refractivity contribution in [3.05, 3.63) is 28.2 Å². The van der Waals surface area contributed by atoms with Crippen LogP contribution in [0.2, 0.25) is 10.0 Å². The van der Waals surface area contributed by atoms with E-state index in [1.807, 2.05) is 0 Å². The minimum absolute atomic E-state index is 0.0933. The minimum Gasteiger partial charge on any atom is -0.331 e. The Hall–Kier alpha value is -1.26. The Kier molecular flexibility index (Phi) is 4.33. The normalized spacial score (nSPS) is 27.9. The maximum Gasteiger partial charge on any atom is 0.313 e. The van der Waals surface area contributed by atoms with Crippen LogP contribution in [0.25, 0.3) is 0 Å². The molecule has 2 unspecified atom stereocenters.